The number of nitrogens with zero attached hydrogens (tertiary/aromatic N) is 1. The molecule has 1 atom stereocenters. The van der Waals surface area contributed by atoms with Gasteiger partial charge in [0.05, 0.1) is 10.7 Å². The lowest BCUT2D eigenvalue weighted by Gasteiger charge is -2.10. The zero-order valence-corrected chi connectivity index (χ0v) is 15.3. The summed E-state index contributed by atoms with van der Waals surface area (Å²) in [5.74, 6) is -0.868. The number of hydrogen-bond acceptors (Lipinski definition) is 2. The third-order valence-electron chi connectivity index (χ3n) is 4.17. The molecule has 0 bridgehead atoms. The van der Waals surface area contributed by atoms with Crippen molar-refractivity contribution >= 4 is 29.0 Å². The van der Waals surface area contributed by atoms with Crippen LogP contribution >= 0.6 is 11.6 Å². The standard InChI is InChI=1S/C21H16ClFN2O2/c1-14(21(27)24-19-8-7-17(23)13-18(19)22)25-11-9-16(10-12-25)20(26)15-5-3-2-4-6-15/h2-14H,1H3/p+1/t14-/m1/s1. The zero-order valence-electron chi connectivity index (χ0n) is 14.5. The van der Waals surface area contributed by atoms with Gasteiger partial charge >= 0.3 is 0 Å². The van der Waals surface area contributed by atoms with E-state index in [1.165, 1.54) is 12.1 Å². The van der Waals surface area contributed by atoms with Crippen molar-refractivity contribution in [1.29, 1.82) is 0 Å². The lowest BCUT2D eigenvalue weighted by molar-refractivity contribution is -0.705. The lowest BCUT2D eigenvalue weighted by atomic mass is 10.0. The number of aromatic nitrogens is 1. The van der Waals surface area contributed by atoms with Gasteiger partial charge in [0.15, 0.2) is 18.2 Å². The van der Waals surface area contributed by atoms with Crippen LogP contribution in [0.15, 0.2) is 73.1 Å². The Kier molecular flexibility index (Phi) is 5.62. The van der Waals surface area contributed by atoms with Gasteiger partial charge in [0, 0.05) is 30.2 Å². The van der Waals surface area contributed by atoms with Gasteiger partial charge in [-0.15, -0.1) is 0 Å². The fourth-order valence-corrected chi connectivity index (χ4v) is 2.78. The molecule has 0 saturated carbocycles. The number of nitrogens with one attached hydrogen (secondary N) is 1. The highest BCUT2D eigenvalue weighted by Gasteiger charge is 2.23. The second-order valence-electron chi connectivity index (χ2n) is 6.02. The number of amides is 1. The highest BCUT2D eigenvalue weighted by Crippen LogP contribution is 2.23. The van der Waals surface area contributed by atoms with E-state index >= 15 is 0 Å². The van der Waals surface area contributed by atoms with Gasteiger partial charge in [-0.3, -0.25) is 9.59 Å². The zero-order chi connectivity index (χ0) is 19.4. The van der Waals surface area contributed by atoms with Crippen LogP contribution < -0.4 is 9.88 Å². The third-order valence-corrected chi connectivity index (χ3v) is 4.48. The molecule has 0 fully saturated rings. The first-order valence-corrected chi connectivity index (χ1v) is 8.70. The van der Waals surface area contributed by atoms with Crippen molar-refractivity contribution in [3.05, 3.63) is 95.0 Å². The van der Waals surface area contributed by atoms with Crippen LogP contribution in [0.25, 0.3) is 0 Å². The molecule has 4 nitrogen and oxygen atoms in total. The summed E-state index contributed by atoms with van der Waals surface area (Å²) in [6.45, 7) is 1.71. The molecule has 1 aromatic heterocycles. The number of hydrogen-bond donors (Lipinski definition) is 1. The molecule has 1 amide bonds. The van der Waals surface area contributed by atoms with E-state index in [4.69, 9.17) is 11.6 Å². The Morgan fingerprint density at radius 3 is 2.26 bits per heavy atom. The van der Waals surface area contributed by atoms with Gasteiger partial charge < -0.3 is 5.32 Å². The number of carbonyl (C=O) groups excluding carboxylic acids is 2. The van der Waals surface area contributed by atoms with Crippen LogP contribution in [0.1, 0.15) is 28.9 Å². The van der Waals surface area contributed by atoms with Crippen LogP contribution in [0.2, 0.25) is 5.02 Å². The number of halogens is 2. The average Bonchev–Trinajstić information content (AvgIpc) is 2.69. The second kappa shape index (κ2) is 8.10. The van der Waals surface area contributed by atoms with E-state index < -0.39 is 11.9 Å². The molecular weight excluding hydrogens is 367 g/mol. The normalized spacial score (nSPS) is 11.7. The van der Waals surface area contributed by atoms with Gasteiger partial charge in [-0.25, -0.2) is 4.39 Å². The van der Waals surface area contributed by atoms with Crippen LogP contribution in [0.4, 0.5) is 10.1 Å². The predicted octanol–water partition coefficient (Wildman–Crippen LogP) is 4.20. The monoisotopic (exact) mass is 383 g/mol. The Morgan fingerprint density at radius 1 is 1.00 bits per heavy atom. The van der Waals surface area contributed by atoms with Gasteiger partial charge in [-0.1, -0.05) is 41.9 Å². The number of ketones is 1. The Balaban J connectivity index is 1.72. The molecule has 3 rings (SSSR count). The molecule has 0 spiro atoms. The number of anilines is 1. The van der Waals surface area contributed by atoms with Gasteiger partial charge in [0.1, 0.15) is 5.82 Å². The van der Waals surface area contributed by atoms with Crippen LogP contribution in [0.5, 0.6) is 0 Å². The summed E-state index contributed by atoms with van der Waals surface area (Å²) >= 11 is 5.94. The fraction of sp³-hybridized carbons (Fsp3) is 0.0952. The molecule has 27 heavy (non-hydrogen) atoms. The smallest absolute Gasteiger partial charge is 0.293 e. The second-order valence-corrected chi connectivity index (χ2v) is 6.43. The average molecular weight is 384 g/mol. The van der Waals surface area contributed by atoms with E-state index in [2.05, 4.69) is 5.32 Å². The molecular formula is C21H17ClFN2O2+. The van der Waals surface area contributed by atoms with Crippen LogP contribution in [0.3, 0.4) is 0 Å². The number of benzene rings is 2. The summed E-state index contributed by atoms with van der Waals surface area (Å²) in [6.07, 6.45) is 3.35. The van der Waals surface area contributed by atoms with E-state index in [0.29, 0.717) is 16.8 Å². The van der Waals surface area contributed by atoms with E-state index in [9.17, 15) is 14.0 Å². The highest BCUT2D eigenvalue weighted by atomic mass is 35.5. The molecule has 136 valence electrons. The third kappa shape index (κ3) is 4.38. The molecule has 0 aliphatic carbocycles. The molecule has 0 saturated heterocycles. The number of carbonyl (C=O) groups is 2. The summed E-state index contributed by atoms with van der Waals surface area (Å²) < 4.78 is 14.8. The first-order chi connectivity index (χ1) is 13.0. The highest BCUT2D eigenvalue weighted by molar-refractivity contribution is 6.33. The van der Waals surface area contributed by atoms with Crippen molar-refractivity contribution in [2.24, 2.45) is 0 Å². The maximum atomic E-state index is 13.1. The van der Waals surface area contributed by atoms with Crippen LogP contribution in [0, 0.1) is 5.82 Å². The molecule has 1 heterocycles. The Bertz CT molecular complexity index is 975. The summed E-state index contributed by atoms with van der Waals surface area (Å²) in [5.41, 5.74) is 1.48. The Hall–Kier alpha value is -3.05. The van der Waals surface area contributed by atoms with Gasteiger partial charge in [-0.05, 0) is 18.2 Å². The number of pyridine rings is 1. The summed E-state index contributed by atoms with van der Waals surface area (Å²) in [4.78, 5) is 24.9. The van der Waals surface area contributed by atoms with E-state index in [1.807, 2.05) is 18.2 Å². The molecule has 6 heteroatoms. The SMILES string of the molecule is C[C@H](C(=O)Nc1ccc(F)cc1Cl)[n+]1ccc(C(=O)c2ccccc2)cc1. The van der Waals surface area contributed by atoms with Crippen molar-refractivity contribution in [3.63, 3.8) is 0 Å². The molecule has 1 N–H and O–H groups in total. The van der Waals surface area contributed by atoms with Gasteiger partial charge in [0.25, 0.3) is 5.91 Å². The lowest BCUT2D eigenvalue weighted by Crippen LogP contribution is -2.44. The van der Waals surface area contributed by atoms with Crippen molar-refractivity contribution < 1.29 is 18.5 Å². The first kappa shape index (κ1) is 18.7. The largest absolute Gasteiger partial charge is 0.319 e. The van der Waals surface area contributed by atoms with Crippen molar-refractivity contribution in [2.75, 3.05) is 5.32 Å². The topological polar surface area (TPSA) is 50.1 Å². The Morgan fingerprint density at radius 2 is 1.63 bits per heavy atom. The van der Waals surface area contributed by atoms with Crippen LogP contribution in [-0.2, 0) is 4.79 Å². The quantitative estimate of drug-likeness (QED) is 0.530. The minimum absolute atomic E-state index is 0.0852. The van der Waals surface area contributed by atoms with Crippen molar-refractivity contribution in [3.8, 4) is 0 Å². The molecule has 3 aromatic rings. The maximum Gasteiger partial charge on any atom is 0.293 e. The fourth-order valence-electron chi connectivity index (χ4n) is 2.57. The van der Waals surface area contributed by atoms with Gasteiger partial charge in [0.2, 0.25) is 6.04 Å². The Labute approximate surface area is 161 Å². The summed E-state index contributed by atoms with van der Waals surface area (Å²) in [6, 6.07) is 15.5. The molecule has 0 aliphatic rings. The predicted molar refractivity (Wildman–Crippen MR) is 101 cm³/mol. The van der Waals surface area contributed by atoms with E-state index in [-0.39, 0.29) is 16.7 Å². The van der Waals surface area contributed by atoms with E-state index in [0.717, 1.165) is 6.07 Å². The first-order valence-electron chi connectivity index (χ1n) is 8.32. The molecule has 2 aromatic carbocycles. The molecule has 0 unspecified atom stereocenters. The minimum atomic E-state index is -0.549. The van der Waals surface area contributed by atoms with Crippen molar-refractivity contribution in [2.45, 2.75) is 13.0 Å². The summed E-state index contributed by atoms with van der Waals surface area (Å²) in [5, 5.41) is 2.80. The number of rotatable bonds is 5. The van der Waals surface area contributed by atoms with E-state index in [1.54, 1.807) is 48.1 Å². The molecule has 0 radical (unpaired) electrons. The minimum Gasteiger partial charge on any atom is -0.319 e. The van der Waals surface area contributed by atoms with Crippen molar-refractivity contribution in [1.82, 2.24) is 0 Å². The van der Waals surface area contributed by atoms with Gasteiger partial charge in [-0.2, -0.15) is 4.57 Å². The van der Waals surface area contributed by atoms with Crippen LogP contribution in [-0.4, -0.2) is 11.7 Å². The summed E-state index contributed by atoms with van der Waals surface area (Å²) in [7, 11) is 0. The maximum absolute atomic E-state index is 13.1. The molecule has 0 aliphatic heterocycles.